The third-order valence-corrected chi connectivity index (χ3v) is 3.31. The second-order valence-corrected chi connectivity index (χ2v) is 5.14. The molecule has 16 heavy (non-hydrogen) atoms. The SMILES string of the molecule is Cc1ccc(S)cc1C(=O)N(C)CC1CC1. The molecule has 0 N–H and O–H groups in total. The monoisotopic (exact) mass is 235 g/mol. The van der Waals surface area contributed by atoms with Gasteiger partial charge >= 0.3 is 0 Å². The number of hydrogen-bond donors (Lipinski definition) is 1. The summed E-state index contributed by atoms with van der Waals surface area (Å²) in [6, 6.07) is 5.71. The van der Waals surface area contributed by atoms with Gasteiger partial charge in [-0.2, -0.15) is 0 Å². The molecule has 1 aliphatic rings. The van der Waals surface area contributed by atoms with E-state index in [0.717, 1.165) is 28.5 Å². The van der Waals surface area contributed by atoms with Crippen molar-refractivity contribution in [1.29, 1.82) is 0 Å². The number of hydrogen-bond acceptors (Lipinski definition) is 2. The molecule has 1 aliphatic carbocycles. The topological polar surface area (TPSA) is 20.3 Å². The van der Waals surface area contributed by atoms with Crippen LogP contribution in [-0.4, -0.2) is 24.4 Å². The zero-order valence-electron chi connectivity index (χ0n) is 9.73. The number of carbonyl (C=O) groups is 1. The number of aryl methyl sites for hydroxylation is 1. The Morgan fingerprint density at radius 3 is 2.81 bits per heavy atom. The van der Waals surface area contributed by atoms with Crippen molar-refractivity contribution >= 4 is 18.5 Å². The van der Waals surface area contributed by atoms with Crippen LogP contribution < -0.4 is 0 Å². The maximum atomic E-state index is 12.2. The van der Waals surface area contributed by atoms with Crippen molar-refractivity contribution in [3.8, 4) is 0 Å². The van der Waals surface area contributed by atoms with E-state index in [1.165, 1.54) is 12.8 Å². The molecule has 0 atom stereocenters. The molecule has 0 aromatic heterocycles. The Balaban J connectivity index is 2.14. The largest absolute Gasteiger partial charge is 0.341 e. The van der Waals surface area contributed by atoms with E-state index >= 15 is 0 Å². The molecule has 1 fully saturated rings. The second kappa shape index (κ2) is 4.50. The number of benzene rings is 1. The molecule has 0 spiro atoms. The molecule has 3 heteroatoms. The zero-order valence-corrected chi connectivity index (χ0v) is 10.6. The van der Waals surface area contributed by atoms with Crippen LogP contribution in [0.1, 0.15) is 28.8 Å². The number of carbonyl (C=O) groups excluding carboxylic acids is 1. The zero-order chi connectivity index (χ0) is 11.7. The molecule has 0 heterocycles. The minimum Gasteiger partial charge on any atom is -0.341 e. The Morgan fingerprint density at radius 2 is 2.19 bits per heavy atom. The van der Waals surface area contributed by atoms with Gasteiger partial charge in [0.1, 0.15) is 0 Å². The van der Waals surface area contributed by atoms with Crippen molar-refractivity contribution < 1.29 is 4.79 Å². The Hall–Kier alpha value is -0.960. The summed E-state index contributed by atoms with van der Waals surface area (Å²) in [6.07, 6.45) is 2.53. The van der Waals surface area contributed by atoms with Crippen molar-refractivity contribution in [2.45, 2.75) is 24.7 Å². The van der Waals surface area contributed by atoms with E-state index < -0.39 is 0 Å². The predicted octanol–water partition coefficient (Wildman–Crippen LogP) is 2.77. The molecule has 2 nitrogen and oxygen atoms in total. The molecule has 1 saturated carbocycles. The normalized spacial score (nSPS) is 14.9. The molecule has 86 valence electrons. The number of rotatable bonds is 3. The lowest BCUT2D eigenvalue weighted by Crippen LogP contribution is -2.29. The molecule has 0 saturated heterocycles. The smallest absolute Gasteiger partial charge is 0.253 e. The molecule has 1 aromatic rings. The molecule has 0 aliphatic heterocycles. The van der Waals surface area contributed by atoms with Gasteiger partial charge in [0, 0.05) is 24.1 Å². The van der Waals surface area contributed by atoms with Crippen LogP contribution in [0.15, 0.2) is 23.1 Å². The van der Waals surface area contributed by atoms with Gasteiger partial charge in [-0.15, -0.1) is 12.6 Å². The van der Waals surface area contributed by atoms with Gasteiger partial charge in [-0.3, -0.25) is 4.79 Å². The van der Waals surface area contributed by atoms with Crippen molar-refractivity contribution in [3.63, 3.8) is 0 Å². The van der Waals surface area contributed by atoms with E-state index in [2.05, 4.69) is 12.6 Å². The summed E-state index contributed by atoms with van der Waals surface area (Å²) in [5.74, 6) is 0.841. The van der Waals surface area contributed by atoms with Crippen LogP contribution in [-0.2, 0) is 0 Å². The summed E-state index contributed by atoms with van der Waals surface area (Å²) in [5.41, 5.74) is 1.79. The van der Waals surface area contributed by atoms with E-state index in [0.29, 0.717) is 0 Å². The Bertz CT molecular complexity index is 412. The van der Waals surface area contributed by atoms with Gasteiger partial charge in [0.05, 0.1) is 0 Å². The molecule has 1 aromatic carbocycles. The average Bonchev–Trinajstić information content (AvgIpc) is 3.04. The first-order valence-corrected chi connectivity index (χ1v) is 6.07. The van der Waals surface area contributed by atoms with Crippen LogP contribution in [0.3, 0.4) is 0 Å². The highest BCUT2D eigenvalue weighted by Gasteiger charge is 2.25. The van der Waals surface area contributed by atoms with Gasteiger partial charge in [0.15, 0.2) is 0 Å². The van der Waals surface area contributed by atoms with Gasteiger partial charge in [-0.1, -0.05) is 6.07 Å². The molecular weight excluding hydrogens is 218 g/mol. The van der Waals surface area contributed by atoms with Crippen molar-refractivity contribution in [1.82, 2.24) is 4.90 Å². The highest BCUT2D eigenvalue weighted by molar-refractivity contribution is 7.80. The second-order valence-electron chi connectivity index (χ2n) is 4.63. The minimum atomic E-state index is 0.111. The average molecular weight is 235 g/mol. The van der Waals surface area contributed by atoms with Gasteiger partial charge in [0.25, 0.3) is 5.91 Å². The predicted molar refractivity (Wildman–Crippen MR) is 68.1 cm³/mol. The summed E-state index contributed by atoms with van der Waals surface area (Å²) < 4.78 is 0. The van der Waals surface area contributed by atoms with Crippen LogP contribution in [0.25, 0.3) is 0 Å². The molecule has 1 amide bonds. The van der Waals surface area contributed by atoms with Crippen LogP contribution >= 0.6 is 12.6 Å². The first-order chi connectivity index (χ1) is 7.58. The van der Waals surface area contributed by atoms with E-state index in [9.17, 15) is 4.79 Å². The summed E-state index contributed by atoms with van der Waals surface area (Å²) in [7, 11) is 1.88. The number of thiol groups is 1. The summed E-state index contributed by atoms with van der Waals surface area (Å²) in [6.45, 7) is 2.85. The summed E-state index contributed by atoms with van der Waals surface area (Å²) in [5, 5.41) is 0. The van der Waals surface area contributed by atoms with Crippen LogP contribution in [0.4, 0.5) is 0 Å². The Morgan fingerprint density at radius 1 is 1.50 bits per heavy atom. The third kappa shape index (κ3) is 2.59. The van der Waals surface area contributed by atoms with E-state index in [-0.39, 0.29) is 5.91 Å². The molecule has 2 rings (SSSR count). The molecular formula is C13H17NOS. The maximum Gasteiger partial charge on any atom is 0.253 e. The van der Waals surface area contributed by atoms with Crippen molar-refractivity contribution in [3.05, 3.63) is 29.3 Å². The lowest BCUT2D eigenvalue weighted by atomic mass is 10.1. The van der Waals surface area contributed by atoms with Crippen LogP contribution in [0.2, 0.25) is 0 Å². The van der Waals surface area contributed by atoms with E-state index in [1.54, 1.807) is 0 Å². The number of amides is 1. The first kappa shape index (κ1) is 11.5. The van der Waals surface area contributed by atoms with Crippen molar-refractivity contribution in [2.75, 3.05) is 13.6 Å². The molecule has 0 bridgehead atoms. The molecule has 0 unspecified atom stereocenters. The van der Waals surface area contributed by atoms with Crippen molar-refractivity contribution in [2.24, 2.45) is 5.92 Å². The third-order valence-electron chi connectivity index (χ3n) is 3.03. The highest BCUT2D eigenvalue weighted by Crippen LogP contribution is 2.29. The van der Waals surface area contributed by atoms with Gasteiger partial charge in [0.2, 0.25) is 0 Å². The van der Waals surface area contributed by atoms with E-state index in [1.807, 2.05) is 37.1 Å². The Labute approximate surface area is 102 Å². The minimum absolute atomic E-state index is 0.111. The van der Waals surface area contributed by atoms with Gasteiger partial charge < -0.3 is 4.90 Å². The summed E-state index contributed by atoms with van der Waals surface area (Å²) in [4.78, 5) is 14.8. The molecule has 0 radical (unpaired) electrons. The van der Waals surface area contributed by atoms with Crippen LogP contribution in [0.5, 0.6) is 0 Å². The Kier molecular flexibility index (Phi) is 3.24. The summed E-state index contributed by atoms with van der Waals surface area (Å²) >= 11 is 4.28. The lowest BCUT2D eigenvalue weighted by Gasteiger charge is -2.18. The van der Waals surface area contributed by atoms with E-state index in [4.69, 9.17) is 0 Å². The maximum absolute atomic E-state index is 12.2. The fraction of sp³-hybridized carbons (Fsp3) is 0.462. The fourth-order valence-electron chi connectivity index (χ4n) is 1.82. The quantitative estimate of drug-likeness (QED) is 0.799. The highest BCUT2D eigenvalue weighted by atomic mass is 32.1. The van der Waals surface area contributed by atoms with Gasteiger partial charge in [-0.25, -0.2) is 0 Å². The van der Waals surface area contributed by atoms with Crippen LogP contribution in [0, 0.1) is 12.8 Å². The standard InChI is InChI=1S/C13H17NOS/c1-9-3-6-11(16)7-12(9)13(15)14(2)8-10-4-5-10/h3,6-7,10,16H,4-5,8H2,1-2H3. The number of nitrogens with zero attached hydrogens (tertiary/aromatic N) is 1. The lowest BCUT2D eigenvalue weighted by molar-refractivity contribution is 0.0787. The fourth-order valence-corrected chi connectivity index (χ4v) is 2.02. The van der Waals surface area contributed by atoms with Gasteiger partial charge in [-0.05, 0) is 43.4 Å². The first-order valence-electron chi connectivity index (χ1n) is 5.63.